The Hall–Kier alpha value is -1.11. The van der Waals surface area contributed by atoms with Crippen molar-refractivity contribution < 1.29 is 4.79 Å². The molecule has 3 rings (SSSR count). The van der Waals surface area contributed by atoms with Crippen LogP contribution in [0.4, 0.5) is 0 Å². The lowest BCUT2D eigenvalue weighted by Gasteiger charge is -2.37. The zero-order valence-electron chi connectivity index (χ0n) is 8.47. The summed E-state index contributed by atoms with van der Waals surface area (Å²) >= 11 is 0. The maximum absolute atomic E-state index is 11.7. The molecule has 14 heavy (non-hydrogen) atoms. The molecule has 1 heteroatoms. The molecule has 0 radical (unpaired) electrons. The Labute approximate surface area is 84.1 Å². The van der Waals surface area contributed by atoms with Gasteiger partial charge in [-0.1, -0.05) is 23.8 Å². The van der Waals surface area contributed by atoms with Gasteiger partial charge in [0.15, 0.2) is 0 Å². The van der Waals surface area contributed by atoms with Crippen molar-refractivity contribution in [2.45, 2.75) is 38.0 Å². The fraction of sp³-hybridized carbons (Fsp3) is 0.462. The average molecular weight is 186 g/mol. The van der Waals surface area contributed by atoms with Crippen molar-refractivity contribution in [1.29, 1.82) is 0 Å². The molecule has 0 unspecified atom stereocenters. The lowest BCUT2D eigenvalue weighted by Crippen LogP contribution is -2.43. The van der Waals surface area contributed by atoms with Crippen LogP contribution in [0.2, 0.25) is 0 Å². The summed E-state index contributed by atoms with van der Waals surface area (Å²) in [7, 11) is 0. The van der Waals surface area contributed by atoms with Gasteiger partial charge in [-0.3, -0.25) is 4.79 Å². The molecule has 1 spiro atoms. The van der Waals surface area contributed by atoms with Crippen molar-refractivity contribution >= 4 is 5.78 Å². The monoisotopic (exact) mass is 186 g/mol. The van der Waals surface area contributed by atoms with Gasteiger partial charge in [-0.2, -0.15) is 0 Å². The van der Waals surface area contributed by atoms with Crippen molar-refractivity contribution in [3.8, 4) is 0 Å². The normalized spacial score (nSPS) is 29.1. The van der Waals surface area contributed by atoms with Crippen LogP contribution >= 0.6 is 0 Å². The number of rotatable bonds is 0. The topological polar surface area (TPSA) is 17.1 Å². The second-order valence-corrected chi connectivity index (χ2v) is 4.67. The van der Waals surface area contributed by atoms with Gasteiger partial charge in [-0.15, -0.1) is 0 Å². The molecule has 0 amide bonds. The molecule has 2 aliphatic rings. The maximum atomic E-state index is 11.7. The van der Waals surface area contributed by atoms with E-state index in [1.54, 1.807) is 0 Å². The minimum Gasteiger partial charge on any atom is -0.299 e. The van der Waals surface area contributed by atoms with E-state index in [0.29, 0.717) is 5.78 Å². The van der Waals surface area contributed by atoms with Gasteiger partial charge in [0.25, 0.3) is 0 Å². The van der Waals surface area contributed by atoms with Crippen LogP contribution in [0.25, 0.3) is 0 Å². The predicted octanol–water partition coefficient (Wildman–Crippen LogP) is 2.54. The number of carbonyl (C=O) groups excluding carboxylic acids is 1. The molecule has 1 aromatic carbocycles. The van der Waals surface area contributed by atoms with E-state index in [1.165, 1.54) is 16.7 Å². The third-order valence-corrected chi connectivity index (χ3v) is 3.91. The number of ketones is 1. The SMILES string of the molecule is Cc1ccc2c(c1)[C@@]1(CCC1=O)CC2. The summed E-state index contributed by atoms with van der Waals surface area (Å²) in [5.74, 6) is 0.474. The van der Waals surface area contributed by atoms with Gasteiger partial charge in [0.05, 0.1) is 5.41 Å². The van der Waals surface area contributed by atoms with E-state index < -0.39 is 0 Å². The lowest BCUT2D eigenvalue weighted by atomic mass is 9.64. The molecule has 2 aliphatic carbocycles. The van der Waals surface area contributed by atoms with E-state index in [-0.39, 0.29) is 5.41 Å². The Kier molecular flexibility index (Phi) is 1.45. The van der Waals surface area contributed by atoms with Crippen LogP contribution in [0.1, 0.15) is 36.0 Å². The largest absolute Gasteiger partial charge is 0.299 e. The average Bonchev–Trinajstić information content (AvgIpc) is 2.56. The van der Waals surface area contributed by atoms with E-state index in [9.17, 15) is 4.79 Å². The highest BCUT2D eigenvalue weighted by molar-refractivity contribution is 5.97. The van der Waals surface area contributed by atoms with Crippen LogP contribution in [0, 0.1) is 6.92 Å². The van der Waals surface area contributed by atoms with Crippen LogP contribution in [-0.4, -0.2) is 5.78 Å². The fourth-order valence-corrected chi connectivity index (χ4v) is 2.91. The molecule has 1 aromatic rings. The Balaban J connectivity index is 2.17. The fourth-order valence-electron chi connectivity index (χ4n) is 2.91. The minimum atomic E-state index is -0.0403. The van der Waals surface area contributed by atoms with Crippen molar-refractivity contribution in [3.63, 3.8) is 0 Å². The van der Waals surface area contributed by atoms with Crippen LogP contribution < -0.4 is 0 Å². The van der Waals surface area contributed by atoms with Crippen molar-refractivity contribution in [3.05, 3.63) is 34.9 Å². The first-order valence-corrected chi connectivity index (χ1v) is 5.36. The Bertz CT molecular complexity index is 419. The first kappa shape index (κ1) is 8.22. The molecule has 0 bridgehead atoms. The molecule has 1 fully saturated rings. The zero-order valence-corrected chi connectivity index (χ0v) is 8.47. The number of hydrogen-bond acceptors (Lipinski definition) is 1. The van der Waals surface area contributed by atoms with E-state index in [2.05, 4.69) is 25.1 Å². The Morgan fingerprint density at radius 3 is 2.64 bits per heavy atom. The van der Waals surface area contributed by atoms with E-state index in [1.807, 2.05) is 0 Å². The number of carbonyl (C=O) groups is 1. The Morgan fingerprint density at radius 2 is 2.00 bits per heavy atom. The molecule has 0 aromatic heterocycles. The smallest absolute Gasteiger partial charge is 0.143 e. The van der Waals surface area contributed by atoms with Gasteiger partial charge in [0, 0.05) is 6.42 Å². The van der Waals surface area contributed by atoms with Crippen LogP contribution in [-0.2, 0) is 16.6 Å². The minimum absolute atomic E-state index is 0.0403. The summed E-state index contributed by atoms with van der Waals surface area (Å²) in [4.78, 5) is 11.7. The Morgan fingerprint density at radius 1 is 1.21 bits per heavy atom. The second kappa shape index (κ2) is 2.47. The third-order valence-electron chi connectivity index (χ3n) is 3.91. The van der Waals surface area contributed by atoms with Crippen molar-refractivity contribution in [1.82, 2.24) is 0 Å². The lowest BCUT2D eigenvalue weighted by molar-refractivity contribution is -0.131. The number of hydrogen-bond donors (Lipinski definition) is 0. The molecule has 72 valence electrons. The van der Waals surface area contributed by atoms with Gasteiger partial charge in [-0.25, -0.2) is 0 Å². The van der Waals surface area contributed by atoms with Crippen LogP contribution in [0.3, 0.4) is 0 Å². The summed E-state index contributed by atoms with van der Waals surface area (Å²) in [5, 5.41) is 0. The molecule has 1 saturated carbocycles. The number of benzene rings is 1. The number of Topliss-reactive ketones (excluding diaryl/α,β-unsaturated/α-hetero) is 1. The van der Waals surface area contributed by atoms with E-state index in [0.717, 1.165) is 25.7 Å². The summed E-state index contributed by atoms with van der Waals surface area (Å²) in [5.41, 5.74) is 3.99. The highest BCUT2D eigenvalue weighted by Gasteiger charge is 2.50. The third kappa shape index (κ3) is 0.827. The van der Waals surface area contributed by atoms with Gasteiger partial charge >= 0.3 is 0 Å². The number of fused-ring (bicyclic) bond motifs is 2. The van der Waals surface area contributed by atoms with Gasteiger partial charge in [0.1, 0.15) is 5.78 Å². The molecule has 1 atom stereocenters. The first-order valence-electron chi connectivity index (χ1n) is 5.36. The molecular formula is C13H14O. The first-order chi connectivity index (χ1) is 6.72. The summed E-state index contributed by atoms with van der Waals surface area (Å²) < 4.78 is 0. The highest BCUT2D eigenvalue weighted by atomic mass is 16.1. The molecule has 1 nitrogen and oxygen atoms in total. The second-order valence-electron chi connectivity index (χ2n) is 4.67. The molecule has 0 N–H and O–H groups in total. The van der Waals surface area contributed by atoms with Gasteiger partial charge in [0.2, 0.25) is 0 Å². The van der Waals surface area contributed by atoms with E-state index >= 15 is 0 Å². The van der Waals surface area contributed by atoms with Gasteiger partial charge < -0.3 is 0 Å². The summed E-state index contributed by atoms with van der Waals surface area (Å²) in [6.45, 7) is 2.11. The maximum Gasteiger partial charge on any atom is 0.143 e. The quantitative estimate of drug-likeness (QED) is 0.608. The highest BCUT2D eigenvalue weighted by Crippen LogP contribution is 2.50. The predicted molar refractivity (Wildman–Crippen MR) is 55.4 cm³/mol. The summed E-state index contributed by atoms with van der Waals surface area (Å²) in [6, 6.07) is 6.57. The molecule has 0 heterocycles. The molecule has 0 saturated heterocycles. The van der Waals surface area contributed by atoms with Crippen molar-refractivity contribution in [2.75, 3.05) is 0 Å². The van der Waals surface area contributed by atoms with Crippen LogP contribution in [0.5, 0.6) is 0 Å². The van der Waals surface area contributed by atoms with Crippen molar-refractivity contribution in [2.24, 2.45) is 0 Å². The summed E-state index contributed by atoms with van der Waals surface area (Å²) in [6.07, 6.45) is 4.04. The van der Waals surface area contributed by atoms with Gasteiger partial charge in [-0.05, 0) is 37.3 Å². The van der Waals surface area contributed by atoms with Crippen LogP contribution in [0.15, 0.2) is 18.2 Å². The molecular weight excluding hydrogens is 172 g/mol. The zero-order chi connectivity index (χ0) is 9.76. The van der Waals surface area contributed by atoms with E-state index in [4.69, 9.17) is 0 Å². The number of aryl methyl sites for hydroxylation is 2. The molecule has 0 aliphatic heterocycles. The standard InChI is InChI=1S/C13H14O/c1-9-2-3-10-4-6-13(11(10)8-9)7-5-12(13)14/h2-3,8H,4-7H2,1H3/t13-/m0/s1.